The molecule has 3 rings (SSSR count). The minimum Gasteiger partial charge on any atom is -0.489 e. The van der Waals surface area contributed by atoms with E-state index in [-0.39, 0.29) is 5.56 Å². The molecule has 136 valence electrons. The highest BCUT2D eigenvalue weighted by atomic mass is 35.5. The van der Waals surface area contributed by atoms with Crippen LogP contribution in [0.15, 0.2) is 71.7 Å². The molecule has 4 nitrogen and oxygen atoms in total. The van der Waals surface area contributed by atoms with E-state index in [4.69, 9.17) is 21.4 Å². The van der Waals surface area contributed by atoms with Crippen LogP contribution in [-0.4, -0.2) is 17.3 Å². The molecular weight excluding hydrogens is 362 g/mol. The summed E-state index contributed by atoms with van der Waals surface area (Å²) in [5, 5.41) is 9.60. The molecule has 0 fully saturated rings. The lowest BCUT2D eigenvalue weighted by Crippen LogP contribution is -1.96. The molecule has 0 saturated heterocycles. The van der Waals surface area contributed by atoms with E-state index >= 15 is 0 Å². The molecule has 0 aliphatic carbocycles. The van der Waals surface area contributed by atoms with Crippen molar-refractivity contribution in [2.75, 3.05) is 0 Å². The van der Waals surface area contributed by atoms with Gasteiger partial charge in [-0.25, -0.2) is 4.79 Å². The summed E-state index contributed by atoms with van der Waals surface area (Å²) in [4.78, 5) is 15.2. The fourth-order valence-electron chi connectivity index (χ4n) is 2.42. The number of carboxylic acids is 1. The van der Waals surface area contributed by atoms with Crippen LogP contribution in [0.3, 0.4) is 0 Å². The summed E-state index contributed by atoms with van der Waals surface area (Å²) in [6.07, 6.45) is 1.72. The van der Waals surface area contributed by atoms with Crippen molar-refractivity contribution in [2.45, 2.75) is 13.5 Å². The van der Waals surface area contributed by atoms with Crippen LogP contribution >= 0.6 is 11.6 Å². The maximum atomic E-state index is 10.8. The molecular formula is C22H18ClNO3. The Balaban J connectivity index is 1.60. The smallest absolute Gasteiger partial charge is 0.335 e. The van der Waals surface area contributed by atoms with Crippen LogP contribution in [-0.2, 0) is 6.61 Å². The SMILES string of the molecule is Cc1ccc(COc2ccc(C=Nc3ccc(C(=O)O)cc3)cc2)c(Cl)c1. The molecule has 0 radical (unpaired) electrons. The number of carbonyl (C=O) groups is 1. The number of aryl methyl sites for hydroxylation is 1. The van der Waals surface area contributed by atoms with E-state index in [0.29, 0.717) is 17.3 Å². The Morgan fingerprint density at radius 2 is 1.78 bits per heavy atom. The number of halogens is 1. The van der Waals surface area contributed by atoms with Gasteiger partial charge < -0.3 is 9.84 Å². The first-order chi connectivity index (χ1) is 13.0. The Morgan fingerprint density at radius 3 is 2.41 bits per heavy atom. The summed E-state index contributed by atoms with van der Waals surface area (Å²) >= 11 is 6.22. The molecule has 0 amide bonds. The number of nitrogens with zero attached hydrogens (tertiary/aromatic N) is 1. The lowest BCUT2D eigenvalue weighted by Gasteiger charge is -2.08. The van der Waals surface area contributed by atoms with Crippen molar-refractivity contribution >= 4 is 29.5 Å². The second kappa shape index (κ2) is 8.52. The fourth-order valence-corrected chi connectivity index (χ4v) is 2.71. The van der Waals surface area contributed by atoms with Crippen LogP contribution in [0.25, 0.3) is 0 Å². The largest absolute Gasteiger partial charge is 0.489 e. The van der Waals surface area contributed by atoms with Gasteiger partial charge in [-0.1, -0.05) is 23.7 Å². The van der Waals surface area contributed by atoms with Crippen molar-refractivity contribution < 1.29 is 14.6 Å². The fraction of sp³-hybridized carbons (Fsp3) is 0.0909. The Kier molecular flexibility index (Phi) is 5.89. The average Bonchev–Trinajstić information content (AvgIpc) is 2.67. The average molecular weight is 380 g/mol. The summed E-state index contributed by atoms with van der Waals surface area (Å²) in [6, 6.07) is 19.8. The summed E-state index contributed by atoms with van der Waals surface area (Å²) in [5.74, 6) is -0.206. The molecule has 0 spiro atoms. The summed E-state index contributed by atoms with van der Waals surface area (Å²) in [7, 11) is 0. The van der Waals surface area contributed by atoms with Crippen molar-refractivity contribution in [3.05, 3.63) is 94.0 Å². The molecule has 0 saturated carbocycles. The van der Waals surface area contributed by atoms with Gasteiger partial charge in [-0.3, -0.25) is 4.99 Å². The van der Waals surface area contributed by atoms with Crippen LogP contribution in [0, 0.1) is 6.92 Å². The van der Waals surface area contributed by atoms with Gasteiger partial charge in [0.2, 0.25) is 0 Å². The van der Waals surface area contributed by atoms with Gasteiger partial charge in [0.15, 0.2) is 0 Å². The topological polar surface area (TPSA) is 58.9 Å². The lowest BCUT2D eigenvalue weighted by atomic mass is 10.1. The molecule has 27 heavy (non-hydrogen) atoms. The monoisotopic (exact) mass is 379 g/mol. The molecule has 3 aromatic rings. The second-order valence-corrected chi connectivity index (χ2v) is 6.47. The van der Waals surface area contributed by atoms with Crippen LogP contribution in [0.1, 0.15) is 27.0 Å². The van der Waals surface area contributed by atoms with Crippen molar-refractivity contribution in [1.29, 1.82) is 0 Å². The van der Waals surface area contributed by atoms with Crippen molar-refractivity contribution in [3.63, 3.8) is 0 Å². The predicted octanol–water partition coefficient (Wildman–Crippen LogP) is 5.68. The number of carboxylic acid groups (broad SMARTS) is 1. The Labute approximate surface area is 162 Å². The zero-order valence-corrected chi connectivity index (χ0v) is 15.5. The third-order valence-electron chi connectivity index (χ3n) is 3.96. The van der Waals surface area contributed by atoms with Crippen LogP contribution < -0.4 is 4.74 Å². The van der Waals surface area contributed by atoms with Gasteiger partial charge in [0, 0.05) is 16.8 Å². The number of rotatable bonds is 6. The van der Waals surface area contributed by atoms with Crippen molar-refractivity contribution in [1.82, 2.24) is 0 Å². The molecule has 0 aliphatic rings. The number of aromatic carboxylic acids is 1. The Bertz CT molecular complexity index is 964. The number of ether oxygens (including phenoxy) is 1. The molecule has 0 bridgehead atoms. The molecule has 0 aliphatic heterocycles. The molecule has 0 aromatic heterocycles. The molecule has 0 unspecified atom stereocenters. The number of benzene rings is 3. The van der Waals surface area contributed by atoms with Crippen molar-refractivity contribution in [2.24, 2.45) is 4.99 Å². The lowest BCUT2D eigenvalue weighted by molar-refractivity contribution is 0.0697. The zero-order chi connectivity index (χ0) is 19.2. The summed E-state index contributed by atoms with van der Waals surface area (Å²) in [6.45, 7) is 2.40. The predicted molar refractivity (Wildman–Crippen MR) is 108 cm³/mol. The molecule has 3 aromatic carbocycles. The van der Waals surface area contributed by atoms with Gasteiger partial charge in [0.25, 0.3) is 0 Å². The number of hydrogen-bond acceptors (Lipinski definition) is 3. The summed E-state index contributed by atoms with van der Waals surface area (Å²) in [5.41, 5.74) is 3.90. The number of aliphatic imine (C=N–C) groups is 1. The first-order valence-electron chi connectivity index (χ1n) is 8.36. The first kappa shape index (κ1) is 18.7. The molecule has 5 heteroatoms. The van der Waals surface area contributed by atoms with E-state index in [1.54, 1.807) is 18.3 Å². The number of hydrogen-bond donors (Lipinski definition) is 1. The minimum absolute atomic E-state index is 0.240. The Hall–Kier alpha value is -3.11. The van der Waals surface area contributed by atoms with E-state index in [9.17, 15) is 4.79 Å². The Morgan fingerprint density at radius 1 is 1.07 bits per heavy atom. The van der Waals surface area contributed by atoms with Gasteiger partial charge in [-0.2, -0.15) is 0 Å². The standard InChI is InChI=1S/C22H18ClNO3/c1-15-2-5-18(21(23)12-15)14-27-20-10-3-16(4-11-20)13-24-19-8-6-17(7-9-19)22(25)26/h2-13H,14H2,1H3,(H,25,26). The van der Waals surface area contributed by atoms with E-state index in [2.05, 4.69) is 4.99 Å². The van der Waals surface area contributed by atoms with Crippen LogP contribution in [0.2, 0.25) is 5.02 Å². The van der Waals surface area contributed by atoms with E-state index in [0.717, 1.165) is 22.4 Å². The van der Waals surface area contributed by atoms with Gasteiger partial charge in [0.1, 0.15) is 12.4 Å². The van der Waals surface area contributed by atoms with Crippen LogP contribution in [0.4, 0.5) is 5.69 Å². The third-order valence-corrected chi connectivity index (χ3v) is 4.31. The van der Waals surface area contributed by atoms with E-state index in [1.165, 1.54) is 12.1 Å². The minimum atomic E-state index is -0.951. The van der Waals surface area contributed by atoms with Gasteiger partial charge in [-0.15, -0.1) is 0 Å². The maximum Gasteiger partial charge on any atom is 0.335 e. The quantitative estimate of drug-likeness (QED) is 0.561. The van der Waals surface area contributed by atoms with Crippen molar-refractivity contribution in [3.8, 4) is 5.75 Å². The molecule has 1 N–H and O–H groups in total. The highest BCUT2D eigenvalue weighted by Crippen LogP contribution is 2.20. The summed E-state index contributed by atoms with van der Waals surface area (Å²) < 4.78 is 5.78. The second-order valence-electron chi connectivity index (χ2n) is 6.06. The van der Waals surface area contributed by atoms with Gasteiger partial charge >= 0.3 is 5.97 Å². The van der Waals surface area contributed by atoms with E-state index in [1.807, 2.05) is 49.4 Å². The normalized spacial score (nSPS) is 10.9. The highest BCUT2D eigenvalue weighted by molar-refractivity contribution is 6.31. The maximum absolute atomic E-state index is 10.8. The highest BCUT2D eigenvalue weighted by Gasteiger charge is 2.03. The first-order valence-corrected chi connectivity index (χ1v) is 8.74. The third kappa shape index (κ3) is 5.19. The van der Waals surface area contributed by atoms with Crippen LogP contribution in [0.5, 0.6) is 5.75 Å². The van der Waals surface area contributed by atoms with E-state index < -0.39 is 5.97 Å². The van der Waals surface area contributed by atoms with Gasteiger partial charge in [-0.05, 0) is 72.6 Å². The molecule has 0 atom stereocenters. The molecule has 0 heterocycles. The van der Waals surface area contributed by atoms with Gasteiger partial charge in [0.05, 0.1) is 11.3 Å². The zero-order valence-electron chi connectivity index (χ0n) is 14.7.